The van der Waals surface area contributed by atoms with E-state index < -0.39 is 11.6 Å². The van der Waals surface area contributed by atoms with Gasteiger partial charge < -0.3 is 10.1 Å². The molecule has 1 saturated heterocycles. The molecule has 0 amide bonds. The second-order valence-corrected chi connectivity index (χ2v) is 4.08. The zero-order valence-corrected chi connectivity index (χ0v) is 9.37. The fourth-order valence-corrected chi connectivity index (χ4v) is 2.10. The minimum Gasteiger partial charge on any atom is -0.469 e. The predicted molar refractivity (Wildman–Crippen MR) is 57.2 cm³/mol. The van der Waals surface area contributed by atoms with Crippen molar-refractivity contribution in [2.24, 2.45) is 5.92 Å². The number of ether oxygens (including phenoxy) is 1. The van der Waals surface area contributed by atoms with Crippen LogP contribution >= 0.6 is 0 Å². The van der Waals surface area contributed by atoms with E-state index >= 15 is 0 Å². The molecule has 1 aliphatic rings. The highest BCUT2D eigenvalue weighted by Crippen LogP contribution is 2.29. The van der Waals surface area contributed by atoms with Gasteiger partial charge in [-0.05, 0) is 24.6 Å². The van der Waals surface area contributed by atoms with Gasteiger partial charge in [0.1, 0.15) is 11.6 Å². The predicted octanol–water partition coefficient (Wildman–Crippen LogP) is 1.79. The van der Waals surface area contributed by atoms with E-state index in [1.807, 2.05) is 0 Å². The Labute approximate surface area is 97.8 Å². The minimum atomic E-state index is -0.482. The van der Waals surface area contributed by atoms with E-state index in [2.05, 4.69) is 10.1 Å². The lowest BCUT2D eigenvalue weighted by Crippen LogP contribution is -2.19. The molecule has 0 spiro atoms. The number of esters is 1. The van der Waals surface area contributed by atoms with Crippen LogP contribution in [0.1, 0.15) is 18.0 Å². The van der Waals surface area contributed by atoms with E-state index in [0.29, 0.717) is 13.0 Å². The highest BCUT2D eigenvalue weighted by atomic mass is 19.1. The van der Waals surface area contributed by atoms with Crippen LogP contribution in [-0.4, -0.2) is 19.6 Å². The van der Waals surface area contributed by atoms with Crippen molar-refractivity contribution in [1.82, 2.24) is 5.32 Å². The van der Waals surface area contributed by atoms with Gasteiger partial charge in [-0.15, -0.1) is 0 Å². The van der Waals surface area contributed by atoms with E-state index in [9.17, 15) is 13.6 Å². The number of benzene rings is 1. The fraction of sp³-hybridized carbons (Fsp3) is 0.417. The van der Waals surface area contributed by atoms with Gasteiger partial charge in [0.2, 0.25) is 0 Å². The second-order valence-electron chi connectivity index (χ2n) is 4.08. The van der Waals surface area contributed by atoms with Crippen LogP contribution in [0.4, 0.5) is 8.78 Å². The van der Waals surface area contributed by atoms with Gasteiger partial charge in [-0.3, -0.25) is 4.79 Å². The molecule has 1 aromatic carbocycles. The fourth-order valence-electron chi connectivity index (χ4n) is 2.10. The van der Waals surface area contributed by atoms with Crippen LogP contribution in [0, 0.1) is 17.6 Å². The van der Waals surface area contributed by atoms with Crippen LogP contribution in [-0.2, 0) is 9.53 Å². The summed E-state index contributed by atoms with van der Waals surface area (Å²) in [6.45, 7) is 0.424. The first kappa shape index (κ1) is 12.0. The largest absolute Gasteiger partial charge is 0.469 e. The summed E-state index contributed by atoms with van der Waals surface area (Å²) in [5.74, 6) is -1.57. The molecule has 2 atom stereocenters. The van der Waals surface area contributed by atoms with Gasteiger partial charge in [0, 0.05) is 18.2 Å². The Balaban J connectivity index is 2.15. The number of nitrogens with one attached hydrogen (secondary N) is 1. The summed E-state index contributed by atoms with van der Waals surface area (Å²) < 4.78 is 31.2. The van der Waals surface area contributed by atoms with Crippen LogP contribution in [0.15, 0.2) is 18.2 Å². The normalized spacial score (nSPS) is 23.7. The molecule has 1 heterocycles. The maximum Gasteiger partial charge on any atom is 0.310 e. The van der Waals surface area contributed by atoms with Crippen molar-refractivity contribution in [3.05, 3.63) is 35.4 Å². The molecule has 2 rings (SSSR count). The lowest BCUT2D eigenvalue weighted by Gasteiger charge is -2.11. The third-order valence-corrected chi connectivity index (χ3v) is 3.00. The highest BCUT2D eigenvalue weighted by Gasteiger charge is 2.32. The molecule has 1 fully saturated rings. The Kier molecular flexibility index (Phi) is 3.38. The van der Waals surface area contributed by atoms with E-state index in [-0.39, 0.29) is 23.5 Å². The molecule has 3 nitrogen and oxygen atoms in total. The molecule has 17 heavy (non-hydrogen) atoms. The van der Waals surface area contributed by atoms with Crippen molar-refractivity contribution in [3.8, 4) is 0 Å². The first-order chi connectivity index (χ1) is 8.11. The van der Waals surface area contributed by atoms with Gasteiger partial charge in [-0.2, -0.15) is 0 Å². The van der Waals surface area contributed by atoms with Crippen molar-refractivity contribution in [2.45, 2.75) is 12.5 Å². The second kappa shape index (κ2) is 4.79. The zero-order chi connectivity index (χ0) is 12.4. The number of methoxy groups -OCH3 is 1. The number of hydrogen-bond acceptors (Lipinski definition) is 3. The molecule has 0 aromatic heterocycles. The Hall–Kier alpha value is -1.49. The Morgan fingerprint density at radius 2 is 2.24 bits per heavy atom. The smallest absolute Gasteiger partial charge is 0.310 e. The van der Waals surface area contributed by atoms with Crippen LogP contribution < -0.4 is 5.32 Å². The molecule has 0 radical (unpaired) electrons. The van der Waals surface area contributed by atoms with Crippen molar-refractivity contribution < 1.29 is 18.3 Å². The topological polar surface area (TPSA) is 38.3 Å². The zero-order valence-electron chi connectivity index (χ0n) is 9.37. The molecule has 0 bridgehead atoms. The first-order valence-corrected chi connectivity index (χ1v) is 5.38. The summed E-state index contributed by atoms with van der Waals surface area (Å²) in [6, 6.07) is 2.99. The lowest BCUT2D eigenvalue weighted by molar-refractivity contribution is -0.144. The molecule has 0 saturated carbocycles. The van der Waals surface area contributed by atoms with Crippen LogP contribution in [0.3, 0.4) is 0 Å². The monoisotopic (exact) mass is 241 g/mol. The Bertz CT molecular complexity index is 437. The number of carbonyl (C=O) groups excluding carboxylic acids is 1. The van der Waals surface area contributed by atoms with E-state index in [0.717, 1.165) is 18.2 Å². The third-order valence-electron chi connectivity index (χ3n) is 3.00. The van der Waals surface area contributed by atoms with E-state index in [1.165, 1.54) is 7.11 Å². The summed E-state index contributed by atoms with van der Waals surface area (Å²) in [7, 11) is 1.32. The lowest BCUT2D eigenvalue weighted by atomic mass is 9.99. The van der Waals surface area contributed by atoms with E-state index in [4.69, 9.17) is 0 Å². The average molecular weight is 241 g/mol. The quantitative estimate of drug-likeness (QED) is 0.802. The number of carbonyl (C=O) groups is 1. The standard InChI is InChI=1S/C12H13F2NO2/c1-17-12(16)7-4-11(15-6-7)9-5-8(13)2-3-10(9)14/h2-3,5,7,11,15H,4,6H2,1H3. The summed E-state index contributed by atoms with van der Waals surface area (Å²) in [5.41, 5.74) is 0.261. The van der Waals surface area contributed by atoms with Crippen molar-refractivity contribution in [1.29, 1.82) is 0 Å². The third kappa shape index (κ3) is 2.44. The van der Waals surface area contributed by atoms with Crippen molar-refractivity contribution >= 4 is 5.97 Å². The van der Waals surface area contributed by atoms with Gasteiger partial charge >= 0.3 is 5.97 Å². The van der Waals surface area contributed by atoms with Crippen molar-refractivity contribution in [3.63, 3.8) is 0 Å². The molecule has 5 heteroatoms. The summed E-state index contributed by atoms with van der Waals surface area (Å²) >= 11 is 0. The SMILES string of the molecule is COC(=O)C1CNC(c2cc(F)ccc2F)C1. The summed E-state index contributed by atoms with van der Waals surface area (Å²) in [6.07, 6.45) is 0.424. The minimum absolute atomic E-state index is 0.261. The molecule has 1 N–H and O–H groups in total. The van der Waals surface area contributed by atoms with Gasteiger partial charge in [-0.1, -0.05) is 0 Å². The van der Waals surface area contributed by atoms with Crippen molar-refractivity contribution in [2.75, 3.05) is 13.7 Å². The van der Waals surface area contributed by atoms with Gasteiger partial charge in [0.05, 0.1) is 13.0 Å². The molecule has 1 aromatic rings. The highest BCUT2D eigenvalue weighted by molar-refractivity contribution is 5.73. The first-order valence-electron chi connectivity index (χ1n) is 5.38. The van der Waals surface area contributed by atoms with E-state index in [1.54, 1.807) is 0 Å². The number of rotatable bonds is 2. The molecule has 92 valence electrons. The van der Waals surface area contributed by atoms with Gasteiger partial charge in [-0.25, -0.2) is 8.78 Å². The number of halogens is 2. The molecular weight excluding hydrogens is 228 g/mol. The summed E-state index contributed by atoms with van der Waals surface area (Å²) in [5, 5.41) is 3.00. The molecular formula is C12H13F2NO2. The van der Waals surface area contributed by atoms with Gasteiger partial charge in [0.15, 0.2) is 0 Å². The Morgan fingerprint density at radius 1 is 1.47 bits per heavy atom. The van der Waals surface area contributed by atoms with Crippen LogP contribution in [0.5, 0.6) is 0 Å². The number of hydrogen-bond donors (Lipinski definition) is 1. The van der Waals surface area contributed by atoms with Gasteiger partial charge in [0.25, 0.3) is 0 Å². The summed E-state index contributed by atoms with van der Waals surface area (Å²) in [4.78, 5) is 11.3. The maximum atomic E-state index is 13.5. The maximum absolute atomic E-state index is 13.5. The average Bonchev–Trinajstić information content (AvgIpc) is 2.80. The van der Waals surface area contributed by atoms with Crippen LogP contribution in [0.2, 0.25) is 0 Å². The molecule has 2 unspecified atom stereocenters. The van der Waals surface area contributed by atoms with Crippen LogP contribution in [0.25, 0.3) is 0 Å². The Morgan fingerprint density at radius 3 is 2.94 bits per heavy atom. The molecule has 1 aliphatic heterocycles. The molecule has 0 aliphatic carbocycles.